The van der Waals surface area contributed by atoms with Gasteiger partial charge in [0, 0.05) is 5.69 Å². The lowest BCUT2D eigenvalue weighted by Gasteiger charge is -2.09. The summed E-state index contributed by atoms with van der Waals surface area (Å²) >= 11 is 1.32. The number of aromatic nitrogens is 3. The molecule has 0 radical (unpaired) electrons. The predicted molar refractivity (Wildman–Crippen MR) is 111 cm³/mol. The van der Waals surface area contributed by atoms with Crippen LogP contribution in [0.15, 0.2) is 69.0 Å². The van der Waals surface area contributed by atoms with Crippen molar-refractivity contribution in [1.82, 2.24) is 14.8 Å². The van der Waals surface area contributed by atoms with Gasteiger partial charge in [-0.3, -0.25) is 9.36 Å². The Morgan fingerprint density at radius 2 is 1.90 bits per heavy atom. The maximum absolute atomic E-state index is 12.4. The molecule has 0 aliphatic heterocycles. The van der Waals surface area contributed by atoms with E-state index in [0.717, 1.165) is 17.0 Å². The molecule has 0 saturated carbocycles. The van der Waals surface area contributed by atoms with Gasteiger partial charge in [-0.1, -0.05) is 17.8 Å². The molecule has 0 spiro atoms. The summed E-state index contributed by atoms with van der Waals surface area (Å²) in [6.45, 7) is 4.50. The maximum Gasteiger partial charge on any atom is 0.234 e. The summed E-state index contributed by atoms with van der Waals surface area (Å²) < 4.78 is 12.8. The number of nitrogens with zero attached hydrogens (tertiary/aromatic N) is 3. The number of carbonyl (C=O) groups is 1. The molecule has 1 aromatic carbocycles. The molecule has 7 nitrogen and oxygen atoms in total. The minimum atomic E-state index is -0.106. The van der Waals surface area contributed by atoms with Crippen molar-refractivity contribution in [3.8, 4) is 11.6 Å². The highest BCUT2D eigenvalue weighted by Gasteiger charge is 2.18. The van der Waals surface area contributed by atoms with E-state index in [0.29, 0.717) is 23.3 Å². The topological polar surface area (TPSA) is 86.1 Å². The van der Waals surface area contributed by atoms with Gasteiger partial charge >= 0.3 is 0 Å². The number of anilines is 1. The van der Waals surface area contributed by atoms with Gasteiger partial charge in [0.1, 0.15) is 5.76 Å². The molecule has 0 aliphatic carbocycles. The normalized spacial score (nSPS) is 11.0. The van der Waals surface area contributed by atoms with E-state index >= 15 is 0 Å². The van der Waals surface area contributed by atoms with Crippen LogP contribution in [0.3, 0.4) is 0 Å². The summed E-state index contributed by atoms with van der Waals surface area (Å²) in [5, 5.41) is 12.0. The first-order valence-electron chi connectivity index (χ1n) is 9.09. The monoisotopic (exact) mass is 408 g/mol. The van der Waals surface area contributed by atoms with Crippen molar-refractivity contribution < 1.29 is 13.6 Å². The lowest BCUT2D eigenvalue weighted by molar-refractivity contribution is -0.113. The van der Waals surface area contributed by atoms with Crippen LogP contribution >= 0.6 is 11.8 Å². The van der Waals surface area contributed by atoms with Gasteiger partial charge in [-0.2, -0.15) is 0 Å². The van der Waals surface area contributed by atoms with Crippen molar-refractivity contribution in [2.24, 2.45) is 0 Å². The van der Waals surface area contributed by atoms with Crippen molar-refractivity contribution in [1.29, 1.82) is 0 Å². The van der Waals surface area contributed by atoms with E-state index < -0.39 is 0 Å². The predicted octanol–water partition coefficient (Wildman–Crippen LogP) is 4.53. The first kappa shape index (κ1) is 19.1. The molecule has 4 rings (SSSR count). The van der Waals surface area contributed by atoms with Gasteiger partial charge in [0.05, 0.1) is 24.8 Å². The van der Waals surface area contributed by atoms with Crippen LogP contribution in [0.5, 0.6) is 0 Å². The van der Waals surface area contributed by atoms with E-state index in [-0.39, 0.29) is 11.7 Å². The average Bonchev–Trinajstić information content (AvgIpc) is 3.45. The highest BCUT2D eigenvalue weighted by molar-refractivity contribution is 7.99. The second kappa shape index (κ2) is 8.40. The molecule has 0 atom stereocenters. The Hall–Kier alpha value is -3.26. The minimum absolute atomic E-state index is 0.106. The van der Waals surface area contributed by atoms with Crippen LogP contribution in [-0.2, 0) is 11.3 Å². The molecular formula is C21H20N4O3S. The van der Waals surface area contributed by atoms with Gasteiger partial charge in [0.15, 0.2) is 10.9 Å². The number of hydrogen-bond acceptors (Lipinski definition) is 6. The summed E-state index contributed by atoms with van der Waals surface area (Å²) in [6, 6.07) is 13.2. The van der Waals surface area contributed by atoms with Gasteiger partial charge < -0.3 is 14.2 Å². The van der Waals surface area contributed by atoms with Gasteiger partial charge in [-0.15, -0.1) is 10.2 Å². The molecule has 0 bridgehead atoms. The van der Waals surface area contributed by atoms with Crippen LogP contribution in [0.2, 0.25) is 0 Å². The summed E-state index contributed by atoms with van der Waals surface area (Å²) in [5.74, 6) is 2.06. The lowest BCUT2D eigenvalue weighted by Crippen LogP contribution is -2.15. The Bertz CT molecular complexity index is 1100. The smallest absolute Gasteiger partial charge is 0.234 e. The zero-order valence-corrected chi connectivity index (χ0v) is 16.9. The number of benzene rings is 1. The van der Waals surface area contributed by atoms with Crippen LogP contribution in [0, 0.1) is 13.8 Å². The van der Waals surface area contributed by atoms with Crippen molar-refractivity contribution in [2.75, 3.05) is 11.1 Å². The number of aryl methyl sites for hydroxylation is 2. The van der Waals surface area contributed by atoms with Crippen molar-refractivity contribution >= 4 is 23.4 Å². The first-order valence-corrected chi connectivity index (χ1v) is 10.1. The van der Waals surface area contributed by atoms with Crippen LogP contribution < -0.4 is 5.32 Å². The van der Waals surface area contributed by atoms with Gasteiger partial charge in [-0.25, -0.2) is 0 Å². The van der Waals surface area contributed by atoms with Crippen molar-refractivity contribution in [3.05, 3.63) is 71.9 Å². The molecule has 148 valence electrons. The zero-order chi connectivity index (χ0) is 20.2. The Morgan fingerprint density at radius 3 is 2.62 bits per heavy atom. The number of nitrogens with one attached hydrogen (secondary N) is 1. The highest BCUT2D eigenvalue weighted by atomic mass is 32.2. The first-order chi connectivity index (χ1) is 14.1. The quantitative estimate of drug-likeness (QED) is 0.452. The Morgan fingerprint density at radius 1 is 1.07 bits per heavy atom. The third-order valence-electron chi connectivity index (χ3n) is 4.48. The van der Waals surface area contributed by atoms with Crippen molar-refractivity contribution in [3.63, 3.8) is 0 Å². The van der Waals surface area contributed by atoms with Crippen LogP contribution in [0.25, 0.3) is 11.6 Å². The lowest BCUT2D eigenvalue weighted by atomic mass is 10.1. The SMILES string of the molecule is Cc1ccc(NC(=O)CSc2nnc(-c3ccco3)n2Cc2ccco2)cc1C. The summed E-state index contributed by atoms with van der Waals surface area (Å²) in [6.07, 6.45) is 3.21. The molecule has 3 aromatic heterocycles. The minimum Gasteiger partial charge on any atom is -0.467 e. The maximum atomic E-state index is 12.4. The molecule has 0 aliphatic rings. The fraction of sp³-hybridized carbons (Fsp3) is 0.190. The van der Waals surface area contributed by atoms with E-state index in [1.165, 1.54) is 17.3 Å². The number of amides is 1. The molecule has 0 fully saturated rings. The number of carbonyl (C=O) groups excluding carboxylic acids is 1. The molecule has 3 heterocycles. The number of hydrogen-bond donors (Lipinski definition) is 1. The van der Waals surface area contributed by atoms with E-state index in [9.17, 15) is 4.79 Å². The van der Waals surface area contributed by atoms with E-state index in [4.69, 9.17) is 8.83 Å². The summed E-state index contributed by atoms with van der Waals surface area (Å²) in [5.41, 5.74) is 3.11. The van der Waals surface area contributed by atoms with Crippen LogP contribution in [-0.4, -0.2) is 26.4 Å². The molecule has 0 saturated heterocycles. The van der Waals surface area contributed by atoms with Gasteiger partial charge in [0.2, 0.25) is 11.7 Å². The standard InChI is InChI=1S/C21H20N4O3S/c1-14-7-8-16(11-15(14)2)22-19(26)13-29-21-24-23-20(18-6-4-10-28-18)25(21)12-17-5-3-9-27-17/h3-11H,12-13H2,1-2H3,(H,22,26). The third kappa shape index (κ3) is 4.43. The third-order valence-corrected chi connectivity index (χ3v) is 5.44. The van der Waals surface area contributed by atoms with E-state index in [2.05, 4.69) is 15.5 Å². The average molecular weight is 408 g/mol. The van der Waals surface area contributed by atoms with Crippen LogP contribution in [0.4, 0.5) is 5.69 Å². The largest absolute Gasteiger partial charge is 0.467 e. The molecule has 4 aromatic rings. The Balaban J connectivity index is 1.49. The molecular weight excluding hydrogens is 388 g/mol. The molecule has 0 unspecified atom stereocenters. The zero-order valence-electron chi connectivity index (χ0n) is 16.1. The van der Waals surface area contributed by atoms with Gasteiger partial charge in [-0.05, 0) is 61.4 Å². The van der Waals surface area contributed by atoms with Crippen molar-refractivity contribution in [2.45, 2.75) is 25.5 Å². The highest BCUT2D eigenvalue weighted by Crippen LogP contribution is 2.26. The number of furan rings is 2. The van der Waals surface area contributed by atoms with Gasteiger partial charge in [0.25, 0.3) is 0 Å². The second-order valence-electron chi connectivity index (χ2n) is 6.58. The molecule has 29 heavy (non-hydrogen) atoms. The summed E-state index contributed by atoms with van der Waals surface area (Å²) in [7, 11) is 0. The molecule has 8 heteroatoms. The second-order valence-corrected chi connectivity index (χ2v) is 7.53. The van der Waals surface area contributed by atoms with Crippen LogP contribution in [0.1, 0.15) is 16.9 Å². The fourth-order valence-corrected chi connectivity index (χ4v) is 3.57. The number of rotatable bonds is 7. The summed E-state index contributed by atoms with van der Waals surface area (Å²) in [4.78, 5) is 12.4. The number of thioether (sulfide) groups is 1. The Kier molecular flexibility index (Phi) is 5.53. The fourth-order valence-electron chi connectivity index (χ4n) is 2.83. The van der Waals surface area contributed by atoms with E-state index in [1.807, 2.05) is 54.8 Å². The molecule has 1 N–H and O–H groups in total. The molecule has 1 amide bonds. The Labute approximate surface area is 172 Å². The van der Waals surface area contributed by atoms with E-state index in [1.54, 1.807) is 18.6 Å².